The highest BCUT2D eigenvalue weighted by molar-refractivity contribution is 7.89. The molecular formula is C12H15F3N2O2S. The van der Waals surface area contributed by atoms with E-state index in [1.54, 1.807) is 0 Å². The zero-order valence-electron chi connectivity index (χ0n) is 10.6. The Kier molecular flexibility index (Phi) is 4.66. The van der Waals surface area contributed by atoms with Crippen molar-refractivity contribution in [2.75, 3.05) is 19.6 Å². The molecule has 112 valence electrons. The van der Waals surface area contributed by atoms with Gasteiger partial charge in [0.1, 0.15) is 10.7 Å². The third kappa shape index (κ3) is 3.50. The van der Waals surface area contributed by atoms with Crippen LogP contribution in [0.15, 0.2) is 17.0 Å². The Morgan fingerprint density at radius 2 is 1.90 bits per heavy atom. The van der Waals surface area contributed by atoms with Gasteiger partial charge in [0.2, 0.25) is 10.0 Å². The Hall–Kier alpha value is -1.12. The third-order valence-electron chi connectivity index (χ3n) is 3.23. The molecule has 1 aliphatic rings. The Labute approximate surface area is 115 Å². The summed E-state index contributed by atoms with van der Waals surface area (Å²) < 4.78 is 65.3. The lowest BCUT2D eigenvalue weighted by atomic mass is 10.0. The smallest absolute Gasteiger partial charge is 0.243 e. The highest BCUT2D eigenvalue weighted by Crippen LogP contribution is 2.19. The average molecular weight is 308 g/mol. The molecule has 4 nitrogen and oxygen atoms in total. The standard InChI is InChI=1S/C12H15F3N2O2S/c13-9-4-11(15)12(5-10(9)14)20(18,19)17-7-8-2-1-3-16-6-8/h4-5,8,16-17H,1-3,6-7H2/t8-/m0/s1. The molecule has 0 radical (unpaired) electrons. The van der Waals surface area contributed by atoms with E-state index in [4.69, 9.17) is 0 Å². The summed E-state index contributed by atoms with van der Waals surface area (Å²) >= 11 is 0. The molecule has 0 unspecified atom stereocenters. The van der Waals surface area contributed by atoms with Gasteiger partial charge in [-0.15, -0.1) is 0 Å². The first-order chi connectivity index (χ1) is 9.40. The van der Waals surface area contributed by atoms with Crippen molar-refractivity contribution in [1.29, 1.82) is 0 Å². The Bertz CT molecular complexity index is 587. The fourth-order valence-electron chi connectivity index (χ4n) is 2.11. The van der Waals surface area contributed by atoms with Crippen LogP contribution in [0, 0.1) is 23.4 Å². The number of rotatable bonds is 4. The first-order valence-corrected chi connectivity index (χ1v) is 7.73. The van der Waals surface area contributed by atoms with E-state index in [2.05, 4.69) is 10.0 Å². The second-order valence-electron chi connectivity index (χ2n) is 4.76. The predicted molar refractivity (Wildman–Crippen MR) is 67.1 cm³/mol. The van der Waals surface area contributed by atoms with Gasteiger partial charge in [-0.2, -0.15) is 0 Å². The molecule has 0 amide bonds. The van der Waals surface area contributed by atoms with Gasteiger partial charge in [0.05, 0.1) is 0 Å². The van der Waals surface area contributed by atoms with Crippen molar-refractivity contribution in [2.24, 2.45) is 5.92 Å². The molecule has 0 aliphatic carbocycles. The van der Waals surface area contributed by atoms with Gasteiger partial charge in [-0.1, -0.05) is 0 Å². The quantitative estimate of drug-likeness (QED) is 0.826. The fourth-order valence-corrected chi connectivity index (χ4v) is 3.30. The van der Waals surface area contributed by atoms with E-state index < -0.39 is 32.4 Å². The maximum Gasteiger partial charge on any atom is 0.243 e. The van der Waals surface area contributed by atoms with E-state index in [-0.39, 0.29) is 18.5 Å². The topological polar surface area (TPSA) is 58.2 Å². The molecular weight excluding hydrogens is 293 g/mol. The van der Waals surface area contributed by atoms with Crippen LogP contribution in [-0.2, 0) is 10.0 Å². The minimum Gasteiger partial charge on any atom is -0.316 e. The summed E-state index contributed by atoms with van der Waals surface area (Å²) in [6, 6.07) is 0.582. The average Bonchev–Trinajstić information content (AvgIpc) is 2.42. The summed E-state index contributed by atoms with van der Waals surface area (Å²) in [4.78, 5) is -0.875. The van der Waals surface area contributed by atoms with Gasteiger partial charge in [-0.3, -0.25) is 0 Å². The number of sulfonamides is 1. The van der Waals surface area contributed by atoms with Crippen LogP contribution in [0.25, 0.3) is 0 Å². The predicted octanol–water partition coefficient (Wildman–Crippen LogP) is 1.38. The third-order valence-corrected chi connectivity index (χ3v) is 4.66. The van der Waals surface area contributed by atoms with Gasteiger partial charge in [-0.05, 0) is 37.9 Å². The summed E-state index contributed by atoms with van der Waals surface area (Å²) in [6.45, 7) is 1.69. The molecule has 1 atom stereocenters. The van der Waals surface area contributed by atoms with E-state index in [0.29, 0.717) is 12.6 Å². The van der Waals surface area contributed by atoms with E-state index in [1.165, 1.54) is 0 Å². The molecule has 0 bridgehead atoms. The lowest BCUT2D eigenvalue weighted by Crippen LogP contribution is -2.38. The van der Waals surface area contributed by atoms with E-state index in [9.17, 15) is 21.6 Å². The molecule has 2 N–H and O–H groups in total. The van der Waals surface area contributed by atoms with Crippen molar-refractivity contribution in [3.63, 3.8) is 0 Å². The Morgan fingerprint density at radius 3 is 2.55 bits per heavy atom. The number of hydrogen-bond donors (Lipinski definition) is 2. The molecule has 2 rings (SSSR count). The Morgan fingerprint density at radius 1 is 1.20 bits per heavy atom. The zero-order chi connectivity index (χ0) is 14.8. The molecule has 1 aliphatic heterocycles. The Balaban J connectivity index is 2.11. The summed E-state index contributed by atoms with van der Waals surface area (Å²) in [5.41, 5.74) is 0. The van der Waals surface area contributed by atoms with Crippen LogP contribution < -0.4 is 10.0 Å². The molecule has 1 saturated heterocycles. The van der Waals surface area contributed by atoms with Crippen molar-refractivity contribution in [3.8, 4) is 0 Å². The van der Waals surface area contributed by atoms with Crippen LogP contribution in [0.1, 0.15) is 12.8 Å². The zero-order valence-corrected chi connectivity index (χ0v) is 11.4. The first kappa shape index (κ1) is 15.3. The molecule has 1 aromatic rings. The highest BCUT2D eigenvalue weighted by Gasteiger charge is 2.23. The number of nitrogens with one attached hydrogen (secondary N) is 2. The van der Waals surface area contributed by atoms with Crippen molar-refractivity contribution in [3.05, 3.63) is 29.6 Å². The van der Waals surface area contributed by atoms with E-state index in [0.717, 1.165) is 19.4 Å². The summed E-state index contributed by atoms with van der Waals surface area (Å²) in [6.07, 6.45) is 1.79. The van der Waals surface area contributed by atoms with Crippen LogP contribution in [-0.4, -0.2) is 28.1 Å². The monoisotopic (exact) mass is 308 g/mol. The van der Waals surface area contributed by atoms with Gasteiger partial charge in [0, 0.05) is 12.6 Å². The number of piperidine rings is 1. The second-order valence-corrected chi connectivity index (χ2v) is 6.50. The van der Waals surface area contributed by atoms with Gasteiger partial charge >= 0.3 is 0 Å². The number of hydrogen-bond acceptors (Lipinski definition) is 3. The van der Waals surface area contributed by atoms with E-state index in [1.807, 2.05) is 0 Å². The fraction of sp³-hybridized carbons (Fsp3) is 0.500. The number of halogens is 3. The highest BCUT2D eigenvalue weighted by atomic mass is 32.2. The van der Waals surface area contributed by atoms with Crippen molar-refractivity contribution in [2.45, 2.75) is 17.7 Å². The van der Waals surface area contributed by atoms with Crippen LogP contribution in [0.2, 0.25) is 0 Å². The minimum absolute atomic E-state index is 0.104. The summed E-state index contributed by atoms with van der Waals surface area (Å²) in [7, 11) is -4.19. The lowest BCUT2D eigenvalue weighted by Gasteiger charge is -2.22. The maximum absolute atomic E-state index is 13.5. The van der Waals surface area contributed by atoms with E-state index >= 15 is 0 Å². The van der Waals surface area contributed by atoms with Crippen molar-refractivity contribution >= 4 is 10.0 Å². The van der Waals surface area contributed by atoms with Crippen LogP contribution in [0.4, 0.5) is 13.2 Å². The maximum atomic E-state index is 13.5. The molecule has 1 heterocycles. The van der Waals surface area contributed by atoms with Crippen LogP contribution >= 0.6 is 0 Å². The summed E-state index contributed by atoms with van der Waals surface area (Å²) in [5, 5.41) is 3.12. The molecule has 8 heteroatoms. The first-order valence-electron chi connectivity index (χ1n) is 6.25. The SMILES string of the molecule is O=S(=O)(NC[C@H]1CCCNC1)c1cc(F)c(F)cc1F. The second kappa shape index (κ2) is 6.11. The van der Waals surface area contributed by atoms with Crippen molar-refractivity contribution in [1.82, 2.24) is 10.0 Å². The molecule has 0 spiro atoms. The summed E-state index contributed by atoms with van der Waals surface area (Å²) in [5.74, 6) is -4.02. The molecule has 1 fully saturated rings. The lowest BCUT2D eigenvalue weighted by molar-refractivity contribution is 0.375. The van der Waals surface area contributed by atoms with Gasteiger partial charge in [-0.25, -0.2) is 26.3 Å². The molecule has 1 aromatic carbocycles. The van der Waals surface area contributed by atoms with Crippen LogP contribution in [0.5, 0.6) is 0 Å². The van der Waals surface area contributed by atoms with Gasteiger partial charge in [0.25, 0.3) is 0 Å². The number of benzene rings is 1. The van der Waals surface area contributed by atoms with Crippen molar-refractivity contribution < 1.29 is 21.6 Å². The molecule has 0 aromatic heterocycles. The van der Waals surface area contributed by atoms with Gasteiger partial charge in [0.15, 0.2) is 11.6 Å². The minimum atomic E-state index is -4.19. The van der Waals surface area contributed by atoms with Gasteiger partial charge < -0.3 is 5.32 Å². The largest absolute Gasteiger partial charge is 0.316 e. The molecule has 0 saturated carbocycles. The molecule has 20 heavy (non-hydrogen) atoms. The van der Waals surface area contributed by atoms with Crippen LogP contribution in [0.3, 0.4) is 0 Å². The normalized spacial score (nSPS) is 20.1.